The second-order valence-corrected chi connectivity index (χ2v) is 3.82. The van der Waals surface area contributed by atoms with Crippen LogP contribution in [0.2, 0.25) is 0 Å². The Morgan fingerprint density at radius 1 is 1.00 bits per heavy atom. The quantitative estimate of drug-likeness (QED) is 0.898. The Hall–Kier alpha value is -2.31. The van der Waals surface area contributed by atoms with E-state index in [-0.39, 0.29) is 5.82 Å². The molecule has 0 radical (unpaired) electrons. The monoisotopic (exact) mass is 268 g/mol. The average Bonchev–Trinajstić information content (AvgIpc) is 2.35. The first-order chi connectivity index (χ1) is 9.02. The highest BCUT2D eigenvalue weighted by atomic mass is 19.1. The third kappa shape index (κ3) is 2.59. The summed E-state index contributed by atoms with van der Waals surface area (Å²) < 4.78 is 39.8. The maximum Gasteiger partial charge on any atom is 0.152 e. The first-order valence-corrected chi connectivity index (χ1v) is 5.44. The highest BCUT2D eigenvalue weighted by Crippen LogP contribution is 2.26. The van der Waals surface area contributed by atoms with Gasteiger partial charge in [-0.25, -0.2) is 23.1 Å². The molecule has 0 aliphatic carbocycles. The minimum Gasteiger partial charge on any atom is -0.373 e. The smallest absolute Gasteiger partial charge is 0.152 e. The number of rotatable bonds is 3. The molecule has 0 aliphatic heterocycles. The summed E-state index contributed by atoms with van der Waals surface area (Å²) in [7, 11) is 1.66. The zero-order valence-electron chi connectivity index (χ0n) is 10.3. The van der Waals surface area contributed by atoms with Crippen LogP contribution in [-0.4, -0.2) is 17.0 Å². The lowest BCUT2D eigenvalue weighted by atomic mass is 10.2. The number of nitrogens with zero attached hydrogens (tertiary/aromatic N) is 2. The van der Waals surface area contributed by atoms with E-state index in [1.807, 2.05) is 0 Å². The van der Waals surface area contributed by atoms with Crippen LogP contribution in [0.25, 0.3) is 0 Å². The van der Waals surface area contributed by atoms with Crippen molar-refractivity contribution >= 4 is 17.3 Å². The van der Waals surface area contributed by atoms with Crippen molar-refractivity contribution in [2.24, 2.45) is 0 Å². The molecule has 0 fully saturated rings. The van der Waals surface area contributed by atoms with E-state index in [2.05, 4.69) is 20.6 Å². The average molecular weight is 268 g/mol. The minimum atomic E-state index is -1.03. The summed E-state index contributed by atoms with van der Waals surface area (Å²) in [5.41, 5.74) is 0.137. The van der Waals surface area contributed by atoms with Crippen LogP contribution >= 0.6 is 0 Å². The van der Waals surface area contributed by atoms with Crippen molar-refractivity contribution in [1.29, 1.82) is 0 Å². The number of benzene rings is 1. The molecule has 7 heteroatoms. The van der Waals surface area contributed by atoms with Gasteiger partial charge in [0.15, 0.2) is 11.6 Å². The molecule has 2 aromatic rings. The zero-order chi connectivity index (χ0) is 14.0. The van der Waals surface area contributed by atoms with Gasteiger partial charge in [0.25, 0.3) is 0 Å². The van der Waals surface area contributed by atoms with E-state index in [1.165, 1.54) is 6.33 Å². The molecule has 2 N–H and O–H groups in total. The Bertz CT molecular complexity index is 593. The molecule has 1 aromatic heterocycles. The fraction of sp³-hybridized carbons (Fsp3) is 0.167. The van der Waals surface area contributed by atoms with Crippen LogP contribution in [0.3, 0.4) is 0 Å². The van der Waals surface area contributed by atoms with Crippen LogP contribution in [0.15, 0.2) is 18.5 Å². The van der Waals surface area contributed by atoms with Crippen molar-refractivity contribution in [3.63, 3.8) is 0 Å². The summed E-state index contributed by atoms with van der Waals surface area (Å²) in [6.07, 6.45) is 1.25. The van der Waals surface area contributed by atoms with E-state index < -0.39 is 23.1 Å². The number of anilines is 3. The maximum atomic E-state index is 13.5. The summed E-state index contributed by atoms with van der Waals surface area (Å²) in [4.78, 5) is 7.85. The molecule has 0 amide bonds. The van der Waals surface area contributed by atoms with Crippen LogP contribution in [0.4, 0.5) is 30.5 Å². The van der Waals surface area contributed by atoms with Gasteiger partial charge in [0.1, 0.15) is 29.5 Å². The molecule has 0 bridgehead atoms. The summed E-state index contributed by atoms with van der Waals surface area (Å²) in [6, 6.07) is 1.20. The molecule has 0 atom stereocenters. The molecule has 0 saturated heterocycles. The molecule has 100 valence electrons. The van der Waals surface area contributed by atoms with E-state index in [9.17, 15) is 13.2 Å². The fourth-order valence-corrected chi connectivity index (χ4v) is 1.61. The van der Waals surface area contributed by atoms with Crippen molar-refractivity contribution in [3.05, 3.63) is 41.5 Å². The molecule has 2 rings (SSSR count). The fourth-order valence-electron chi connectivity index (χ4n) is 1.61. The molecule has 0 spiro atoms. The van der Waals surface area contributed by atoms with Crippen LogP contribution in [0.5, 0.6) is 0 Å². The SMILES string of the molecule is CNc1ncnc(Nc2c(F)cc(F)cc2F)c1C. The molecule has 0 unspecified atom stereocenters. The van der Waals surface area contributed by atoms with Crippen LogP contribution in [-0.2, 0) is 0 Å². The third-order valence-corrected chi connectivity index (χ3v) is 2.57. The lowest BCUT2D eigenvalue weighted by molar-refractivity contribution is 0.548. The first-order valence-electron chi connectivity index (χ1n) is 5.44. The molecule has 1 heterocycles. The lowest BCUT2D eigenvalue weighted by Gasteiger charge is -2.12. The zero-order valence-corrected chi connectivity index (χ0v) is 10.3. The van der Waals surface area contributed by atoms with Crippen molar-refractivity contribution < 1.29 is 13.2 Å². The van der Waals surface area contributed by atoms with Crippen LogP contribution in [0.1, 0.15) is 5.56 Å². The number of halogens is 3. The number of hydrogen-bond donors (Lipinski definition) is 2. The van der Waals surface area contributed by atoms with Gasteiger partial charge in [-0.2, -0.15) is 0 Å². The maximum absolute atomic E-state index is 13.5. The lowest BCUT2D eigenvalue weighted by Crippen LogP contribution is -2.05. The Balaban J connectivity index is 2.42. The Morgan fingerprint density at radius 2 is 1.58 bits per heavy atom. The standard InChI is InChI=1S/C12H11F3N4/c1-6-11(16-2)17-5-18-12(6)19-10-8(14)3-7(13)4-9(10)15/h3-5H,1-2H3,(H2,16,17,18,19). The summed E-state index contributed by atoms with van der Waals surface area (Å²) in [5, 5.41) is 5.32. The normalized spacial score (nSPS) is 10.4. The summed E-state index contributed by atoms with van der Waals surface area (Å²) >= 11 is 0. The highest BCUT2D eigenvalue weighted by Gasteiger charge is 2.14. The Morgan fingerprint density at radius 3 is 2.16 bits per heavy atom. The van der Waals surface area contributed by atoms with Crippen LogP contribution in [0, 0.1) is 24.4 Å². The predicted octanol–water partition coefficient (Wildman–Crippen LogP) is 2.99. The Kier molecular flexibility index (Phi) is 3.55. The van der Waals surface area contributed by atoms with Crippen molar-refractivity contribution in [2.75, 3.05) is 17.7 Å². The molecule has 19 heavy (non-hydrogen) atoms. The van der Waals surface area contributed by atoms with Gasteiger partial charge in [0.2, 0.25) is 0 Å². The van der Waals surface area contributed by atoms with E-state index >= 15 is 0 Å². The largest absolute Gasteiger partial charge is 0.373 e. The van der Waals surface area contributed by atoms with Gasteiger partial charge >= 0.3 is 0 Å². The van der Waals surface area contributed by atoms with E-state index in [1.54, 1.807) is 14.0 Å². The van der Waals surface area contributed by atoms with Crippen LogP contribution < -0.4 is 10.6 Å². The molecule has 0 saturated carbocycles. The number of nitrogens with one attached hydrogen (secondary N) is 2. The second-order valence-electron chi connectivity index (χ2n) is 3.82. The summed E-state index contributed by atoms with van der Waals surface area (Å²) in [6.45, 7) is 1.69. The van der Waals surface area contributed by atoms with Crippen molar-refractivity contribution in [1.82, 2.24) is 9.97 Å². The van der Waals surface area contributed by atoms with Gasteiger partial charge in [-0.15, -0.1) is 0 Å². The molecular weight excluding hydrogens is 257 g/mol. The third-order valence-electron chi connectivity index (χ3n) is 2.57. The van der Waals surface area contributed by atoms with Gasteiger partial charge in [0, 0.05) is 24.7 Å². The minimum absolute atomic E-state index is 0.240. The van der Waals surface area contributed by atoms with Gasteiger partial charge < -0.3 is 10.6 Å². The highest BCUT2D eigenvalue weighted by molar-refractivity contribution is 5.64. The molecule has 0 aliphatic rings. The number of aromatic nitrogens is 2. The summed E-state index contributed by atoms with van der Waals surface area (Å²) in [5.74, 6) is -2.26. The van der Waals surface area contributed by atoms with Crippen molar-refractivity contribution in [2.45, 2.75) is 6.92 Å². The molecule has 1 aromatic carbocycles. The van der Waals surface area contributed by atoms with Gasteiger partial charge in [0.05, 0.1) is 0 Å². The Labute approximate surface area is 107 Å². The van der Waals surface area contributed by atoms with E-state index in [0.29, 0.717) is 23.5 Å². The van der Waals surface area contributed by atoms with Gasteiger partial charge in [-0.3, -0.25) is 0 Å². The van der Waals surface area contributed by atoms with E-state index in [0.717, 1.165) is 0 Å². The molecular formula is C12H11F3N4. The predicted molar refractivity (Wildman–Crippen MR) is 65.9 cm³/mol. The van der Waals surface area contributed by atoms with Crippen molar-refractivity contribution in [3.8, 4) is 0 Å². The first kappa shape index (κ1) is 13.1. The van der Waals surface area contributed by atoms with Gasteiger partial charge in [-0.1, -0.05) is 0 Å². The topological polar surface area (TPSA) is 49.8 Å². The number of hydrogen-bond acceptors (Lipinski definition) is 4. The van der Waals surface area contributed by atoms with E-state index in [4.69, 9.17) is 0 Å². The van der Waals surface area contributed by atoms with Gasteiger partial charge in [-0.05, 0) is 6.92 Å². The molecule has 4 nitrogen and oxygen atoms in total. The second kappa shape index (κ2) is 5.13.